The molecule has 0 unspecified atom stereocenters. The standard InChI is InChI=1S/C18H19ClN6O/c1-11-13(16(19)25(23-11)12-5-3-2-4-6-12)9-24-8-7-15-14(10-24)17(26)22-18(20)21-15/h2-6H,7-10H2,1H3,(H3,20,21,22,26). The van der Waals surface area contributed by atoms with Gasteiger partial charge in [-0.25, -0.2) is 9.67 Å². The van der Waals surface area contributed by atoms with E-state index >= 15 is 0 Å². The van der Waals surface area contributed by atoms with Gasteiger partial charge >= 0.3 is 0 Å². The van der Waals surface area contributed by atoms with E-state index in [0.29, 0.717) is 30.2 Å². The Bertz CT molecular complexity index is 1010. The van der Waals surface area contributed by atoms with Crippen LogP contribution in [0.2, 0.25) is 5.15 Å². The highest BCUT2D eigenvalue weighted by Crippen LogP contribution is 2.26. The molecule has 1 aromatic carbocycles. The number of H-pyrrole nitrogens is 1. The quantitative estimate of drug-likeness (QED) is 0.736. The second-order valence-corrected chi connectivity index (χ2v) is 6.80. The molecule has 0 amide bonds. The highest BCUT2D eigenvalue weighted by atomic mass is 35.5. The Morgan fingerprint density at radius 1 is 1.31 bits per heavy atom. The van der Waals surface area contributed by atoms with Crippen LogP contribution in [0.5, 0.6) is 0 Å². The number of rotatable bonds is 3. The van der Waals surface area contributed by atoms with Gasteiger partial charge in [-0.3, -0.25) is 14.7 Å². The first-order valence-corrected chi connectivity index (χ1v) is 8.80. The summed E-state index contributed by atoms with van der Waals surface area (Å²) in [6.07, 6.45) is 0.687. The maximum Gasteiger partial charge on any atom is 0.257 e. The van der Waals surface area contributed by atoms with Crippen LogP contribution in [0.15, 0.2) is 35.1 Å². The highest BCUT2D eigenvalue weighted by molar-refractivity contribution is 6.30. The van der Waals surface area contributed by atoms with E-state index in [-0.39, 0.29) is 11.5 Å². The number of aryl methyl sites for hydroxylation is 1. The average Bonchev–Trinajstić information content (AvgIpc) is 2.91. The molecule has 1 aliphatic heterocycles. The number of nitrogens with two attached hydrogens (primary N) is 1. The van der Waals surface area contributed by atoms with Crippen molar-refractivity contribution in [2.45, 2.75) is 26.4 Å². The van der Waals surface area contributed by atoms with Crippen molar-refractivity contribution in [1.82, 2.24) is 24.6 Å². The molecule has 134 valence electrons. The Balaban J connectivity index is 1.61. The van der Waals surface area contributed by atoms with Crippen molar-refractivity contribution in [3.05, 3.63) is 68.4 Å². The SMILES string of the molecule is Cc1nn(-c2ccccc2)c(Cl)c1CN1CCc2nc(N)[nH]c(=O)c2C1. The van der Waals surface area contributed by atoms with E-state index in [1.54, 1.807) is 4.68 Å². The van der Waals surface area contributed by atoms with Crippen molar-refractivity contribution in [2.24, 2.45) is 0 Å². The van der Waals surface area contributed by atoms with Gasteiger partial charge in [-0.15, -0.1) is 0 Å². The van der Waals surface area contributed by atoms with Gasteiger partial charge in [-0.2, -0.15) is 5.10 Å². The minimum absolute atomic E-state index is 0.167. The fourth-order valence-corrected chi connectivity index (χ4v) is 3.64. The number of hydrogen-bond donors (Lipinski definition) is 2. The monoisotopic (exact) mass is 370 g/mol. The van der Waals surface area contributed by atoms with Crippen molar-refractivity contribution >= 4 is 17.5 Å². The fraction of sp³-hybridized carbons (Fsp3) is 0.278. The molecule has 3 heterocycles. The molecule has 0 fully saturated rings. The van der Waals surface area contributed by atoms with Crippen LogP contribution >= 0.6 is 11.6 Å². The number of nitrogen functional groups attached to an aromatic ring is 1. The number of benzene rings is 1. The Kier molecular flexibility index (Phi) is 4.26. The third kappa shape index (κ3) is 3.00. The second kappa shape index (κ2) is 6.59. The minimum atomic E-state index is -0.167. The van der Waals surface area contributed by atoms with Crippen molar-refractivity contribution in [3.63, 3.8) is 0 Å². The molecule has 1 aliphatic rings. The van der Waals surface area contributed by atoms with Crippen molar-refractivity contribution in [2.75, 3.05) is 12.3 Å². The summed E-state index contributed by atoms with van der Waals surface area (Å²) in [5.41, 5.74) is 9.70. The molecule has 0 radical (unpaired) electrons. The first kappa shape index (κ1) is 16.8. The largest absolute Gasteiger partial charge is 0.369 e. The first-order valence-electron chi connectivity index (χ1n) is 8.42. The van der Waals surface area contributed by atoms with Crippen LogP contribution in [0.3, 0.4) is 0 Å². The number of anilines is 1. The van der Waals surface area contributed by atoms with Gasteiger partial charge in [0.15, 0.2) is 0 Å². The number of halogens is 1. The predicted octanol–water partition coefficient (Wildman–Crippen LogP) is 2.06. The van der Waals surface area contributed by atoms with Gasteiger partial charge in [-0.05, 0) is 19.1 Å². The van der Waals surface area contributed by atoms with Gasteiger partial charge in [0.1, 0.15) is 5.15 Å². The summed E-state index contributed by atoms with van der Waals surface area (Å²) in [6.45, 7) is 3.88. The van der Waals surface area contributed by atoms with Crippen molar-refractivity contribution < 1.29 is 0 Å². The lowest BCUT2D eigenvalue weighted by Gasteiger charge is -2.27. The van der Waals surface area contributed by atoms with Gasteiger partial charge in [-0.1, -0.05) is 29.8 Å². The number of nitrogens with one attached hydrogen (secondary N) is 1. The fourth-order valence-electron chi connectivity index (χ4n) is 3.31. The summed E-state index contributed by atoms with van der Waals surface area (Å²) in [6, 6.07) is 9.80. The molecule has 3 N–H and O–H groups in total. The normalized spacial score (nSPS) is 14.4. The molecule has 0 atom stereocenters. The highest BCUT2D eigenvalue weighted by Gasteiger charge is 2.23. The Morgan fingerprint density at radius 2 is 2.08 bits per heavy atom. The van der Waals surface area contributed by atoms with Gasteiger partial charge in [0.05, 0.1) is 22.6 Å². The molecular weight excluding hydrogens is 352 g/mol. The zero-order chi connectivity index (χ0) is 18.3. The van der Waals surface area contributed by atoms with Crippen molar-refractivity contribution in [3.8, 4) is 5.69 Å². The van der Waals surface area contributed by atoms with Crippen LogP contribution in [0.1, 0.15) is 22.5 Å². The number of aromatic nitrogens is 4. The van der Waals surface area contributed by atoms with Crippen LogP contribution in [-0.2, 0) is 19.5 Å². The molecule has 0 aliphatic carbocycles. The molecule has 3 aromatic rings. The minimum Gasteiger partial charge on any atom is -0.369 e. The molecule has 0 saturated heterocycles. The van der Waals surface area contributed by atoms with E-state index in [1.807, 2.05) is 37.3 Å². The first-order chi connectivity index (χ1) is 12.5. The predicted molar refractivity (Wildman–Crippen MR) is 100 cm³/mol. The number of para-hydroxylation sites is 1. The van der Waals surface area contributed by atoms with Gasteiger partial charge in [0.2, 0.25) is 5.95 Å². The van der Waals surface area contributed by atoms with Gasteiger partial charge in [0.25, 0.3) is 5.56 Å². The Labute approximate surface area is 155 Å². The summed E-state index contributed by atoms with van der Waals surface area (Å²) in [4.78, 5) is 21.2. The molecule has 0 spiro atoms. The summed E-state index contributed by atoms with van der Waals surface area (Å²) < 4.78 is 1.75. The second-order valence-electron chi connectivity index (χ2n) is 6.44. The number of aromatic amines is 1. The molecular formula is C18H19ClN6O. The van der Waals surface area contributed by atoms with E-state index in [9.17, 15) is 4.79 Å². The smallest absolute Gasteiger partial charge is 0.257 e. The molecule has 8 heteroatoms. The Morgan fingerprint density at radius 3 is 2.85 bits per heavy atom. The molecule has 4 rings (SSSR count). The molecule has 0 saturated carbocycles. The number of hydrogen-bond acceptors (Lipinski definition) is 5. The number of fused-ring (bicyclic) bond motifs is 1. The summed E-state index contributed by atoms with van der Waals surface area (Å²) in [7, 11) is 0. The van der Waals surface area contributed by atoms with Gasteiger partial charge in [0, 0.05) is 31.6 Å². The van der Waals surface area contributed by atoms with Crippen LogP contribution in [0.4, 0.5) is 5.95 Å². The van der Waals surface area contributed by atoms with E-state index in [0.717, 1.165) is 29.2 Å². The van der Waals surface area contributed by atoms with E-state index in [1.165, 1.54) is 0 Å². The molecule has 26 heavy (non-hydrogen) atoms. The summed E-state index contributed by atoms with van der Waals surface area (Å²) in [5, 5.41) is 5.18. The molecule has 0 bridgehead atoms. The Hall–Kier alpha value is -2.64. The third-order valence-electron chi connectivity index (χ3n) is 4.67. The summed E-state index contributed by atoms with van der Waals surface area (Å²) in [5.74, 6) is 0.172. The lowest BCUT2D eigenvalue weighted by atomic mass is 10.1. The topological polar surface area (TPSA) is 92.8 Å². The van der Waals surface area contributed by atoms with Crippen LogP contribution in [0.25, 0.3) is 5.69 Å². The lowest BCUT2D eigenvalue weighted by molar-refractivity contribution is 0.241. The van der Waals surface area contributed by atoms with E-state index in [2.05, 4.69) is 20.0 Å². The van der Waals surface area contributed by atoms with Crippen molar-refractivity contribution in [1.29, 1.82) is 0 Å². The third-order valence-corrected chi connectivity index (χ3v) is 5.06. The van der Waals surface area contributed by atoms with Crippen LogP contribution < -0.4 is 11.3 Å². The van der Waals surface area contributed by atoms with E-state index in [4.69, 9.17) is 17.3 Å². The molecule has 2 aromatic heterocycles. The summed E-state index contributed by atoms with van der Waals surface area (Å²) >= 11 is 6.61. The van der Waals surface area contributed by atoms with Crippen LogP contribution in [0, 0.1) is 6.92 Å². The van der Waals surface area contributed by atoms with E-state index < -0.39 is 0 Å². The maximum absolute atomic E-state index is 12.2. The average molecular weight is 371 g/mol. The number of nitrogens with zero attached hydrogens (tertiary/aromatic N) is 4. The maximum atomic E-state index is 12.2. The lowest BCUT2D eigenvalue weighted by Crippen LogP contribution is -2.35. The van der Waals surface area contributed by atoms with Gasteiger partial charge < -0.3 is 5.73 Å². The zero-order valence-corrected chi connectivity index (χ0v) is 15.1. The zero-order valence-electron chi connectivity index (χ0n) is 14.4. The molecule has 7 nitrogen and oxygen atoms in total. The van der Waals surface area contributed by atoms with Crippen LogP contribution in [-0.4, -0.2) is 31.2 Å².